The molecule has 0 spiro atoms. The van der Waals surface area contributed by atoms with Crippen molar-refractivity contribution in [1.29, 1.82) is 0 Å². The lowest BCUT2D eigenvalue weighted by Crippen LogP contribution is -2.22. The van der Waals surface area contributed by atoms with E-state index in [0.717, 1.165) is 12.2 Å². The number of carbonyl (C=O) groups excluding carboxylic acids is 1. The third kappa shape index (κ3) is 5.03. The first kappa shape index (κ1) is 13.8. The van der Waals surface area contributed by atoms with Gasteiger partial charge >= 0.3 is 0 Å². The summed E-state index contributed by atoms with van der Waals surface area (Å²) in [5.41, 5.74) is 1.00. The molecule has 0 heterocycles. The van der Waals surface area contributed by atoms with Gasteiger partial charge in [-0.05, 0) is 51.8 Å². The topological polar surface area (TPSA) is 26.3 Å². The summed E-state index contributed by atoms with van der Waals surface area (Å²) < 4.78 is 5.74. The van der Waals surface area contributed by atoms with Gasteiger partial charge in [0.2, 0.25) is 0 Å². The summed E-state index contributed by atoms with van der Waals surface area (Å²) in [6.07, 6.45) is 0.797. The SMILES string of the molecule is CC(=O)[C@H](C)Cc1ccc(OC(C)(C)C)cc1. The normalized spacial score (nSPS) is 13.2. The number of rotatable bonds is 4. The van der Waals surface area contributed by atoms with Crippen molar-refractivity contribution in [3.05, 3.63) is 29.8 Å². The largest absolute Gasteiger partial charge is 0.488 e. The standard InChI is InChI=1S/C15H22O2/c1-11(12(2)16)10-13-6-8-14(9-7-13)17-15(3,4)5/h6-9,11H,10H2,1-5H3/t11-/m1/s1. The molecular weight excluding hydrogens is 212 g/mol. The molecule has 0 unspecified atom stereocenters. The molecule has 0 aliphatic heterocycles. The van der Waals surface area contributed by atoms with E-state index in [0.29, 0.717) is 0 Å². The molecule has 0 saturated carbocycles. The smallest absolute Gasteiger partial charge is 0.132 e. The van der Waals surface area contributed by atoms with Gasteiger partial charge in [0, 0.05) is 5.92 Å². The molecule has 1 aromatic carbocycles. The maximum absolute atomic E-state index is 11.2. The highest BCUT2D eigenvalue weighted by molar-refractivity contribution is 5.78. The number of ether oxygens (including phenoxy) is 1. The fourth-order valence-electron chi connectivity index (χ4n) is 1.54. The fourth-order valence-corrected chi connectivity index (χ4v) is 1.54. The number of ketones is 1. The molecule has 0 saturated heterocycles. The first-order valence-corrected chi connectivity index (χ1v) is 6.06. The van der Waals surface area contributed by atoms with Crippen LogP contribution in [0.15, 0.2) is 24.3 Å². The van der Waals surface area contributed by atoms with Crippen LogP contribution in [0.3, 0.4) is 0 Å². The van der Waals surface area contributed by atoms with Gasteiger partial charge in [-0.1, -0.05) is 19.1 Å². The maximum atomic E-state index is 11.2. The second kappa shape index (κ2) is 5.35. The molecule has 2 heteroatoms. The number of hydrogen-bond donors (Lipinski definition) is 0. The molecule has 0 amide bonds. The second-order valence-corrected chi connectivity index (χ2v) is 5.57. The summed E-state index contributed by atoms with van der Waals surface area (Å²) in [6.45, 7) is 9.68. The van der Waals surface area contributed by atoms with Crippen molar-refractivity contribution in [2.45, 2.75) is 46.6 Å². The fraction of sp³-hybridized carbons (Fsp3) is 0.533. The molecule has 1 aromatic rings. The highest BCUT2D eigenvalue weighted by atomic mass is 16.5. The molecule has 0 fully saturated rings. The summed E-state index contributed by atoms with van der Waals surface area (Å²) in [5.74, 6) is 1.20. The zero-order valence-electron chi connectivity index (χ0n) is 11.4. The van der Waals surface area contributed by atoms with Crippen molar-refractivity contribution in [1.82, 2.24) is 0 Å². The Morgan fingerprint density at radius 1 is 1.24 bits per heavy atom. The minimum atomic E-state index is -0.172. The van der Waals surface area contributed by atoms with E-state index in [9.17, 15) is 4.79 Å². The van der Waals surface area contributed by atoms with Crippen LogP contribution in [0.5, 0.6) is 5.75 Å². The molecule has 0 N–H and O–H groups in total. The van der Waals surface area contributed by atoms with Gasteiger partial charge < -0.3 is 4.74 Å². The Hall–Kier alpha value is -1.31. The Morgan fingerprint density at radius 2 is 1.76 bits per heavy atom. The maximum Gasteiger partial charge on any atom is 0.132 e. The molecule has 94 valence electrons. The average Bonchev–Trinajstić information content (AvgIpc) is 2.18. The highest BCUT2D eigenvalue weighted by Gasteiger charge is 2.12. The van der Waals surface area contributed by atoms with Crippen LogP contribution in [-0.2, 0) is 11.2 Å². The van der Waals surface area contributed by atoms with Gasteiger partial charge in [0.1, 0.15) is 17.1 Å². The number of Topliss-reactive ketones (excluding diaryl/α,β-unsaturated/α-hetero) is 1. The Morgan fingerprint density at radius 3 is 2.18 bits per heavy atom. The lowest BCUT2D eigenvalue weighted by atomic mass is 9.98. The van der Waals surface area contributed by atoms with Crippen LogP contribution in [-0.4, -0.2) is 11.4 Å². The molecule has 0 radical (unpaired) electrons. The van der Waals surface area contributed by atoms with Crippen molar-refractivity contribution >= 4 is 5.78 Å². The lowest BCUT2D eigenvalue weighted by molar-refractivity contribution is -0.120. The first-order valence-electron chi connectivity index (χ1n) is 6.06. The molecule has 0 bridgehead atoms. The third-order valence-electron chi connectivity index (χ3n) is 2.58. The number of benzene rings is 1. The van der Waals surface area contributed by atoms with Crippen LogP contribution in [0.4, 0.5) is 0 Å². The summed E-state index contributed by atoms with van der Waals surface area (Å²) in [4.78, 5) is 11.2. The molecule has 17 heavy (non-hydrogen) atoms. The quantitative estimate of drug-likeness (QED) is 0.795. The van der Waals surface area contributed by atoms with Gasteiger partial charge in [0.25, 0.3) is 0 Å². The van der Waals surface area contributed by atoms with E-state index in [1.165, 1.54) is 5.56 Å². The molecule has 1 atom stereocenters. The summed E-state index contributed by atoms with van der Waals surface area (Å²) >= 11 is 0. The molecule has 2 nitrogen and oxygen atoms in total. The average molecular weight is 234 g/mol. The predicted octanol–water partition coefficient (Wildman–Crippen LogP) is 3.63. The molecular formula is C15H22O2. The van der Waals surface area contributed by atoms with Gasteiger partial charge in [0.15, 0.2) is 0 Å². The monoisotopic (exact) mass is 234 g/mol. The zero-order chi connectivity index (χ0) is 13.1. The van der Waals surface area contributed by atoms with Crippen molar-refractivity contribution in [3.8, 4) is 5.75 Å². The van der Waals surface area contributed by atoms with Crippen molar-refractivity contribution in [3.63, 3.8) is 0 Å². The Kier molecular flexibility index (Phi) is 4.33. The second-order valence-electron chi connectivity index (χ2n) is 5.57. The van der Waals surface area contributed by atoms with Crippen LogP contribution in [0.1, 0.15) is 40.2 Å². The van der Waals surface area contributed by atoms with Crippen LogP contribution >= 0.6 is 0 Å². The Bertz CT molecular complexity index is 371. The van der Waals surface area contributed by atoms with Crippen molar-refractivity contribution < 1.29 is 9.53 Å². The lowest BCUT2D eigenvalue weighted by Gasteiger charge is -2.21. The van der Waals surface area contributed by atoms with E-state index in [2.05, 4.69) is 0 Å². The van der Waals surface area contributed by atoms with Crippen LogP contribution in [0, 0.1) is 5.92 Å². The van der Waals surface area contributed by atoms with Gasteiger partial charge in [-0.15, -0.1) is 0 Å². The molecule has 0 aromatic heterocycles. The van der Waals surface area contributed by atoms with E-state index in [1.54, 1.807) is 6.92 Å². The Labute approximate surface area is 104 Å². The summed E-state index contributed by atoms with van der Waals surface area (Å²) in [6, 6.07) is 7.99. The van der Waals surface area contributed by atoms with Crippen molar-refractivity contribution in [2.24, 2.45) is 5.92 Å². The number of hydrogen-bond acceptors (Lipinski definition) is 2. The Balaban J connectivity index is 2.65. The van der Waals surface area contributed by atoms with E-state index < -0.39 is 0 Å². The van der Waals surface area contributed by atoms with E-state index in [-0.39, 0.29) is 17.3 Å². The third-order valence-corrected chi connectivity index (χ3v) is 2.58. The van der Waals surface area contributed by atoms with Crippen LogP contribution < -0.4 is 4.74 Å². The van der Waals surface area contributed by atoms with Crippen molar-refractivity contribution in [2.75, 3.05) is 0 Å². The zero-order valence-corrected chi connectivity index (χ0v) is 11.4. The van der Waals surface area contributed by atoms with Crippen LogP contribution in [0.2, 0.25) is 0 Å². The van der Waals surface area contributed by atoms with E-state index >= 15 is 0 Å². The molecule has 0 aliphatic carbocycles. The highest BCUT2D eigenvalue weighted by Crippen LogP contribution is 2.19. The molecule has 0 aliphatic rings. The number of carbonyl (C=O) groups is 1. The minimum Gasteiger partial charge on any atom is -0.488 e. The van der Waals surface area contributed by atoms with Gasteiger partial charge in [0.05, 0.1) is 0 Å². The minimum absolute atomic E-state index is 0.0874. The van der Waals surface area contributed by atoms with Crippen LogP contribution in [0.25, 0.3) is 0 Å². The summed E-state index contributed by atoms with van der Waals surface area (Å²) in [7, 11) is 0. The van der Waals surface area contributed by atoms with E-state index in [1.807, 2.05) is 52.0 Å². The van der Waals surface area contributed by atoms with Gasteiger partial charge in [-0.25, -0.2) is 0 Å². The summed E-state index contributed by atoms with van der Waals surface area (Å²) in [5, 5.41) is 0. The van der Waals surface area contributed by atoms with Gasteiger partial charge in [-0.2, -0.15) is 0 Å². The van der Waals surface area contributed by atoms with Gasteiger partial charge in [-0.3, -0.25) is 4.79 Å². The first-order chi connectivity index (χ1) is 7.78. The molecule has 1 rings (SSSR count). The predicted molar refractivity (Wildman–Crippen MR) is 70.4 cm³/mol. The van der Waals surface area contributed by atoms with E-state index in [4.69, 9.17) is 4.74 Å².